The molecule has 0 aliphatic rings. The van der Waals surface area contributed by atoms with Crippen LogP contribution in [0.15, 0.2) is 78.3 Å². The molecule has 3 nitrogen and oxygen atoms in total. The summed E-state index contributed by atoms with van der Waals surface area (Å²) in [5.74, 6) is -0.337. The van der Waals surface area contributed by atoms with Crippen LogP contribution in [0.1, 0.15) is 11.1 Å². The van der Waals surface area contributed by atoms with Gasteiger partial charge in [0.2, 0.25) is 0 Å². The van der Waals surface area contributed by atoms with Crippen LogP contribution in [0.25, 0.3) is 0 Å². The summed E-state index contributed by atoms with van der Waals surface area (Å²) in [6.07, 6.45) is 2.34. The summed E-state index contributed by atoms with van der Waals surface area (Å²) in [5, 5.41) is 0. The van der Waals surface area contributed by atoms with Gasteiger partial charge in [-0.25, -0.2) is 0 Å². The minimum Gasteiger partial charge on any atom is -0.459 e. The molecule has 2 rings (SSSR count). The van der Waals surface area contributed by atoms with Crippen LogP contribution >= 0.6 is 0 Å². The highest BCUT2D eigenvalue weighted by Gasteiger charge is 2.03. The Labute approximate surface area is 131 Å². The Morgan fingerprint density at radius 3 is 2.18 bits per heavy atom. The summed E-state index contributed by atoms with van der Waals surface area (Å²) in [5.41, 5.74) is 2.88. The van der Waals surface area contributed by atoms with E-state index < -0.39 is 0 Å². The number of hydrogen-bond donors (Lipinski definition) is 0. The average Bonchev–Trinajstić information content (AvgIpc) is 2.58. The van der Waals surface area contributed by atoms with E-state index in [0.717, 1.165) is 16.8 Å². The Morgan fingerprint density at radius 2 is 1.59 bits per heavy atom. The van der Waals surface area contributed by atoms with Gasteiger partial charge in [0.15, 0.2) is 0 Å². The lowest BCUT2D eigenvalue weighted by Gasteiger charge is -2.04. The van der Waals surface area contributed by atoms with E-state index in [9.17, 15) is 4.79 Å². The second-order valence-corrected chi connectivity index (χ2v) is 4.82. The van der Waals surface area contributed by atoms with Crippen molar-refractivity contribution in [1.29, 1.82) is 0 Å². The molecule has 112 valence electrons. The first kappa shape index (κ1) is 15.7. The molecule has 0 heterocycles. The molecule has 0 amide bonds. The second-order valence-electron chi connectivity index (χ2n) is 4.82. The molecule has 0 unspecified atom stereocenters. The number of allylic oxidation sites excluding steroid dienone is 1. The molecule has 0 aromatic heterocycles. The van der Waals surface area contributed by atoms with E-state index >= 15 is 0 Å². The fourth-order valence-corrected chi connectivity index (χ4v) is 1.95. The molecule has 0 saturated carbocycles. The van der Waals surface area contributed by atoms with Crippen LogP contribution in [0, 0.1) is 0 Å². The lowest BCUT2D eigenvalue weighted by molar-refractivity contribution is -0.143. The minimum atomic E-state index is -0.337. The quantitative estimate of drug-likeness (QED) is 0.578. The van der Waals surface area contributed by atoms with Gasteiger partial charge in [-0.15, -0.1) is 0 Å². The Bertz CT molecular complexity index is 633. The molecule has 2 aromatic rings. The van der Waals surface area contributed by atoms with Crippen LogP contribution in [-0.2, 0) is 22.6 Å². The number of nitrogens with zero attached hydrogens (tertiary/aromatic N) is 1. The topological polar surface area (TPSA) is 38.7 Å². The molecule has 0 bridgehead atoms. The van der Waals surface area contributed by atoms with E-state index in [1.165, 1.54) is 0 Å². The zero-order valence-corrected chi connectivity index (χ0v) is 12.4. The van der Waals surface area contributed by atoms with Gasteiger partial charge in [0.1, 0.15) is 13.2 Å². The number of carbonyl (C=O) groups is 1. The fraction of sp³-hybridized carbons (Fsp3) is 0.158. The van der Waals surface area contributed by atoms with Crippen LogP contribution in [0.3, 0.4) is 0 Å². The zero-order chi connectivity index (χ0) is 15.6. The molecule has 3 heteroatoms. The third-order valence-electron chi connectivity index (χ3n) is 3.12. The van der Waals surface area contributed by atoms with E-state index in [-0.39, 0.29) is 19.1 Å². The van der Waals surface area contributed by atoms with Crippen LogP contribution in [-0.4, -0.2) is 18.2 Å². The van der Waals surface area contributed by atoms with Gasteiger partial charge >= 0.3 is 5.97 Å². The largest absolute Gasteiger partial charge is 0.459 e. The molecule has 0 aliphatic heterocycles. The van der Waals surface area contributed by atoms with E-state index in [1.54, 1.807) is 6.08 Å². The average molecular weight is 293 g/mol. The van der Waals surface area contributed by atoms with Crippen molar-refractivity contribution in [2.45, 2.75) is 13.0 Å². The number of rotatable bonds is 7. The summed E-state index contributed by atoms with van der Waals surface area (Å²) in [6, 6.07) is 19.6. The van der Waals surface area contributed by atoms with E-state index in [0.29, 0.717) is 6.42 Å². The lowest BCUT2D eigenvalue weighted by Crippen LogP contribution is -2.10. The summed E-state index contributed by atoms with van der Waals surface area (Å²) in [7, 11) is 0. The van der Waals surface area contributed by atoms with Crippen LogP contribution in [0.5, 0.6) is 0 Å². The smallest absolute Gasteiger partial charge is 0.328 e. The van der Waals surface area contributed by atoms with Gasteiger partial charge in [0, 0.05) is 12.1 Å². The summed E-state index contributed by atoms with van der Waals surface area (Å²) in [6.45, 7) is 4.04. The van der Waals surface area contributed by atoms with Crippen molar-refractivity contribution < 1.29 is 9.53 Å². The predicted octanol–water partition coefficient (Wildman–Crippen LogP) is 3.60. The van der Waals surface area contributed by atoms with Crippen LogP contribution in [0.4, 0.5) is 0 Å². The molecule has 22 heavy (non-hydrogen) atoms. The third-order valence-corrected chi connectivity index (χ3v) is 3.12. The highest BCUT2D eigenvalue weighted by atomic mass is 16.5. The molecule has 0 saturated heterocycles. The highest BCUT2D eigenvalue weighted by molar-refractivity contribution is 5.97. The SMILES string of the molecule is C=C/C(Cc1ccccc1)=N/CC(=O)OCc1ccccc1. The second kappa shape index (κ2) is 8.57. The van der Waals surface area contributed by atoms with Crippen molar-refractivity contribution in [2.75, 3.05) is 6.54 Å². The molecule has 0 aliphatic carbocycles. The van der Waals surface area contributed by atoms with Crippen molar-refractivity contribution in [3.63, 3.8) is 0 Å². The Hall–Kier alpha value is -2.68. The van der Waals surface area contributed by atoms with Gasteiger partial charge in [0.05, 0.1) is 0 Å². The molecule has 0 radical (unpaired) electrons. The molecule has 2 aromatic carbocycles. The lowest BCUT2D eigenvalue weighted by atomic mass is 10.1. The standard InChI is InChI=1S/C19H19NO2/c1-2-18(13-16-9-5-3-6-10-16)20-14-19(21)22-15-17-11-7-4-8-12-17/h2-12H,1,13-15H2/b20-18-. The van der Waals surface area contributed by atoms with Crippen molar-refractivity contribution in [2.24, 2.45) is 4.99 Å². The number of carbonyl (C=O) groups excluding carboxylic acids is 1. The summed E-state index contributed by atoms with van der Waals surface area (Å²) in [4.78, 5) is 16.0. The van der Waals surface area contributed by atoms with E-state index in [1.807, 2.05) is 60.7 Å². The van der Waals surface area contributed by atoms with Gasteiger partial charge in [-0.05, 0) is 17.2 Å². The van der Waals surface area contributed by atoms with Gasteiger partial charge in [0.25, 0.3) is 0 Å². The molecule has 0 atom stereocenters. The van der Waals surface area contributed by atoms with Gasteiger partial charge in [-0.2, -0.15) is 0 Å². The third kappa shape index (κ3) is 5.37. The predicted molar refractivity (Wildman–Crippen MR) is 88.9 cm³/mol. The Morgan fingerprint density at radius 1 is 1.00 bits per heavy atom. The maximum atomic E-state index is 11.7. The molecular formula is C19H19NO2. The molecule has 0 N–H and O–H groups in total. The van der Waals surface area contributed by atoms with Gasteiger partial charge < -0.3 is 4.74 Å². The number of benzene rings is 2. The minimum absolute atomic E-state index is 0.0149. The summed E-state index contributed by atoms with van der Waals surface area (Å²) < 4.78 is 5.19. The Kier molecular flexibility index (Phi) is 6.12. The number of ether oxygens (including phenoxy) is 1. The monoisotopic (exact) mass is 293 g/mol. The van der Waals surface area contributed by atoms with E-state index in [2.05, 4.69) is 11.6 Å². The Balaban J connectivity index is 1.83. The number of esters is 1. The maximum absolute atomic E-state index is 11.7. The highest BCUT2D eigenvalue weighted by Crippen LogP contribution is 2.03. The van der Waals surface area contributed by atoms with Crippen molar-refractivity contribution in [3.05, 3.63) is 84.4 Å². The maximum Gasteiger partial charge on any atom is 0.328 e. The first-order chi connectivity index (χ1) is 10.8. The first-order valence-corrected chi connectivity index (χ1v) is 7.17. The summed E-state index contributed by atoms with van der Waals surface area (Å²) >= 11 is 0. The van der Waals surface area contributed by atoms with E-state index in [4.69, 9.17) is 4.74 Å². The molecular weight excluding hydrogens is 274 g/mol. The first-order valence-electron chi connectivity index (χ1n) is 7.17. The van der Waals surface area contributed by atoms with Crippen molar-refractivity contribution in [3.8, 4) is 0 Å². The van der Waals surface area contributed by atoms with Crippen molar-refractivity contribution in [1.82, 2.24) is 0 Å². The normalized spacial score (nSPS) is 11.0. The van der Waals surface area contributed by atoms with Crippen LogP contribution < -0.4 is 0 Å². The fourth-order valence-electron chi connectivity index (χ4n) is 1.95. The molecule has 0 spiro atoms. The molecule has 0 fully saturated rings. The van der Waals surface area contributed by atoms with Gasteiger partial charge in [-0.1, -0.05) is 67.2 Å². The van der Waals surface area contributed by atoms with Gasteiger partial charge in [-0.3, -0.25) is 9.79 Å². The van der Waals surface area contributed by atoms with Crippen molar-refractivity contribution >= 4 is 11.7 Å². The number of aliphatic imine (C=N–C) groups is 1. The number of hydrogen-bond acceptors (Lipinski definition) is 3. The van der Waals surface area contributed by atoms with Crippen LogP contribution in [0.2, 0.25) is 0 Å². The zero-order valence-electron chi connectivity index (χ0n) is 12.4.